The van der Waals surface area contributed by atoms with Gasteiger partial charge in [0.1, 0.15) is 17.2 Å². The standard InChI is InChI=1S/C15H23NO5/c1-10(17)20-12-7-6-11(18)15(12)8-5-9-16(15)13(19)21-14(2,3)4/h6-7,11-12,18H,5,8-9H2,1-4H3/t11-,12+,15+/m1/s1. The Morgan fingerprint density at radius 3 is 2.57 bits per heavy atom. The maximum Gasteiger partial charge on any atom is 0.410 e. The van der Waals surface area contributed by atoms with Crippen LogP contribution < -0.4 is 0 Å². The monoisotopic (exact) mass is 297 g/mol. The summed E-state index contributed by atoms with van der Waals surface area (Å²) in [5.41, 5.74) is -1.55. The summed E-state index contributed by atoms with van der Waals surface area (Å²) in [5.74, 6) is -0.436. The number of esters is 1. The van der Waals surface area contributed by atoms with E-state index in [4.69, 9.17) is 9.47 Å². The lowest BCUT2D eigenvalue weighted by Crippen LogP contribution is -2.60. The van der Waals surface area contributed by atoms with E-state index in [-0.39, 0.29) is 0 Å². The smallest absolute Gasteiger partial charge is 0.410 e. The van der Waals surface area contributed by atoms with Gasteiger partial charge in [-0.25, -0.2) is 4.79 Å². The third kappa shape index (κ3) is 2.90. The summed E-state index contributed by atoms with van der Waals surface area (Å²) in [6, 6.07) is 0. The number of ether oxygens (including phenoxy) is 2. The minimum atomic E-state index is -0.937. The van der Waals surface area contributed by atoms with Gasteiger partial charge in [-0.05, 0) is 39.7 Å². The van der Waals surface area contributed by atoms with Gasteiger partial charge in [0.25, 0.3) is 0 Å². The number of aliphatic hydroxyl groups is 1. The Hall–Kier alpha value is -1.56. The van der Waals surface area contributed by atoms with E-state index in [1.807, 2.05) is 0 Å². The molecule has 118 valence electrons. The van der Waals surface area contributed by atoms with Crippen LogP contribution in [0.1, 0.15) is 40.5 Å². The first-order valence-corrected chi connectivity index (χ1v) is 7.21. The SMILES string of the molecule is CC(=O)O[C@H]1C=C[C@@H](O)[C@@]12CCCN2C(=O)OC(C)(C)C. The van der Waals surface area contributed by atoms with Crippen molar-refractivity contribution in [1.82, 2.24) is 4.90 Å². The summed E-state index contributed by atoms with van der Waals surface area (Å²) in [6.45, 7) is 7.17. The fourth-order valence-electron chi connectivity index (χ4n) is 3.07. The van der Waals surface area contributed by atoms with E-state index in [2.05, 4.69) is 0 Å². The van der Waals surface area contributed by atoms with Gasteiger partial charge in [-0.3, -0.25) is 9.69 Å². The number of hydrogen-bond donors (Lipinski definition) is 1. The Kier molecular flexibility index (Phi) is 4.02. The predicted octanol–water partition coefficient (Wildman–Crippen LogP) is 1.62. The van der Waals surface area contributed by atoms with Crippen LogP contribution in [-0.4, -0.2) is 52.0 Å². The molecule has 1 spiro atoms. The van der Waals surface area contributed by atoms with Gasteiger partial charge >= 0.3 is 12.1 Å². The molecule has 0 radical (unpaired) electrons. The molecule has 3 atom stereocenters. The lowest BCUT2D eigenvalue weighted by Gasteiger charge is -2.41. The van der Waals surface area contributed by atoms with Gasteiger partial charge in [-0.1, -0.05) is 6.08 Å². The normalized spacial score (nSPS) is 31.8. The number of likely N-dealkylation sites (tertiary alicyclic amines) is 1. The highest BCUT2D eigenvalue weighted by Crippen LogP contribution is 2.42. The van der Waals surface area contributed by atoms with Crippen molar-refractivity contribution in [2.75, 3.05) is 6.54 Å². The van der Waals surface area contributed by atoms with Crippen molar-refractivity contribution in [1.29, 1.82) is 0 Å². The number of rotatable bonds is 1. The van der Waals surface area contributed by atoms with E-state index in [0.29, 0.717) is 13.0 Å². The summed E-state index contributed by atoms with van der Waals surface area (Å²) in [6.07, 6.45) is 2.54. The van der Waals surface area contributed by atoms with Gasteiger partial charge in [-0.2, -0.15) is 0 Å². The molecule has 0 bridgehead atoms. The number of nitrogens with zero attached hydrogens (tertiary/aromatic N) is 1. The Labute approximate surface area is 124 Å². The second-order valence-corrected chi connectivity index (χ2v) is 6.59. The van der Waals surface area contributed by atoms with Crippen LogP contribution in [-0.2, 0) is 14.3 Å². The van der Waals surface area contributed by atoms with Gasteiger partial charge in [0.2, 0.25) is 0 Å². The number of carbonyl (C=O) groups is 2. The molecule has 1 saturated heterocycles. The van der Waals surface area contributed by atoms with Crippen molar-refractivity contribution < 1.29 is 24.2 Å². The number of hydrogen-bond acceptors (Lipinski definition) is 5. The van der Waals surface area contributed by atoms with E-state index in [1.165, 1.54) is 11.8 Å². The molecule has 0 saturated carbocycles. The van der Waals surface area contributed by atoms with Crippen LogP contribution in [0.2, 0.25) is 0 Å². The highest BCUT2D eigenvalue weighted by molar-refractivity contribution is 5.71. The fraction of sp³-hybridized carbons (Fsp3) is 0.733. The highest BCUT2D eigenvalue weighted by atomic mass is 16.6. The highest BCUT2D eigenvalue weighted by Gasteiger charge is 2.57. The van der Waals surface area contributed by atoms with E-state index in [1.54, 1.807) is 32.9 Å². The molecule has 6 heteroatoms. The molecule has 2 aliphatic rings. The molecular formula is C15H23NO5. The van der Waals surface area contributed by atoms with Crippen LogP contribution in [0.5, 0.6) is 0 Å². The van der Waals surface area contributed by atoms with E-state index in [9.17, 15) is 14.7 Å². The molecule has 0 aromatic carbocycles. The van der Waals surface area contributed by atoms with Gasteiger partial charge in [0, 0.05) is 13.5 Å². The van der Waals surface area contributed by atoms with E-state index < -0.39 is 35.4 Å². The molecule has 0 aromatic heterocycles. The van der Waals surface area contributed by atoms with Crippen molar-refractivity contribution in [3.05, 3.63) is 12.2 Å². The number of aliphatic hydroxyl groups excluding tert-OH is 1. The first kappa shape index (κ1) is 15.8. The van der Waals surface area contributed by atoms with E-state index in [0.717, 1.165) is 6.42 Å². The van der Waals surface area contributed by atoms with Gasteiger partial charge in [0.05, 0.1) is 6.10 Å². The Morgan fingerprint density at radius 1 is 1.33 bits per heavy atom. The van der Waals surface area contributed by atoms with Gasteiger partial charge < -0.3 is 14.6 Å². The lowest BCUT2D eigenvalue weighted by molar-refractivity contribution is -0.152. The second-order valence-electron chi connectivity index (χ2n) is 6.59. The van der Waals surface area contributed by atoms with Crippen molar-refractivity contribution in [3.8, 4) is 0 Å². The minimum absolute atomic E-state index is 0.436. The molecule has 0 unspecified atom stereocenters. The summed E-state index contributed by atoms with van der Waals surface area (Å²) < 4.78 is 10.7. The molecular weight excluding hydrogens is 274 g/mol. The first-order chi connectivity index (χ1) is 9.67. The number of carbonyl (C=O) groups excluding carboxylic acids is 2. The van der Waals surface area contributed by atoms with Crippen molar-refractivity contribution >= 4 is 12.1 Å². The first-order valence-electron chi connectivity index (χ1n) is 7.21. The Morgan fingerprint density at radius 2 is 2.00 bits per heavy atom. The molecule has 1 fully saturated rings. The second kappa shape index (κ2) is 5.33. The van der Waals surface area contributed by atoms with Crippen LogP contribution in [0.3, 0.4) is 0 Å². The van der Waals surface area contributed by atoms with Crippen LogP contribution in [0.25, 0.3) is 0 Å². The summed E-state index contributed by atoms with van der Waals surface area (Å²) in [7, 11) is 0. The third-order valence-corrected chi connectivity index (χ3v) is 3.84. The van der Waals surface area contributed by atoms with Crippen LogP contribution in [0, 0.1) is 0 Å². The Bertz CT molecular complexity index is 467. The zero-order valence-electron chi connectivity index (χ0n) is 13.0. The lowest BCUT2D eigenvalue weighted by atomic mass is 9.88. The summed E-state index contributed by atoms with van der Waals surface area (Å²) in [4.78, 5) is 25.2. The fourth-order valence-corrected chi connectivity index (χ4v) is 3.07. The third-order valence-electron chi connectivity index (χ3n) is 3.84. The van der Waals surface area contributed by atoms with Crippen LogP contribution in [0.15, 0.2) is 12.2 Å². The average Bonchev–Trinajstić information content (AvgIpc) is 2.87. The maximum atomic E-state index is 12.4. The zero-order chi connectivity index (χ0) is 15.8. The molecule has 2 rings (SSSR count). The molecule has 0 aromatic rings. The number of amides is 1. The summed E-state index contributed by atoms with van der Waals surface area (Å²) in [5, 5.41) is 10.4. The minimum Gasteiger partial charge on any atom is -0.456 e. The molecule has 1 aliphatic heterocycles. The molecule has 1 aliphatic carbocycles. The molecule has 6 nitrogen and oxygen atoms in total. The molecule has 1 N–H and O–H groups in total. The predicted molar refractivity (Wildman–Crippen MR) is 75.6 cm³/mol. The zero-order valence-corrected chi connectivity index (χ0v) is 13.0. The topological polar surface area (TPSA) is 76.1 Å². The van der Waals surface area contributed by atoms with Crippen LogP contribution >= 0.6 is 0 Å². The van der Waals surface area contributed by atoms with Crippen LogP contribution in [0.4, 0.5) is 4.79 Å². The van der Waals surface area contributed by atoms with Crippen molar-refractivity contribution in [2.45, 2.75) is 63.9 Å². The molecule has 1 amide bonds. The summed E-state index contributed by atoms with van der Waals surface area (Å²) >= 11 is 0. The van der Waals surface area contributed by atoms with Crippen molar-refractivity contribution in [2.24, 2.45) is 0 Å². The quantitative estimate of drug-likeness (QED) is 0.588. The maximum absolute atomic E-state index is 12.4. The average molecular weight is 297 g/mol. The Balaban J connectivity index is 2.26. The van der Waals surface area contributed by atoms with Gasteiger partial charge in [-0.15, -0.1) is 0 Å². The van der Waals surface area contributed by atoms with Gasteiger partial charge in [0.15, 0.2) is 0 Å². The molecule has 21 heavy (non-hydrogen) atoms. The largest absolute Gasteiger partial charge is 0.456 e. The van der Waals surface area contributed by atoms with E-state index >= 15 is 0 Å². The molecule has 1 heterocycles. The van der Waals surface area contributed by atoms with Crippen molar-refractivity contribution in [3.63, 3.8) is 0 Å².